The van der Waals surface area contributed by atoms with Gasteiger partial charge >= 0.3 is 0 Å². The lowest BCUT2D eigenvalue weighted by Gasteiger charge is -2.14. The third kappa shape index (κ3) is 4.71. The number of hydrogen-bond acceptors (Lipinski definition) is 6. The third-order valence-corrected chi connectivity index (χ3v) is 6.23. The van der Waals surface area contributed by atoms with Crippen molar-refractivity contribution in [3.8, 4) is 11.4 Å². The Labute approximate surface area is 184 Å². The van der Waals surface area contributed by atoms with Crippen LogP contribution in [-0.2, 0) is 16.1 Å². The number of amides is 1. The molecule has 2 aromatic heterocycles. The average Bonchev–Trinajstić information content (AvgIpc) is 3.45. The lowest BCUT2D eigenvalue weighted by Crippen LogP contribution is -2.18. The van der Waals surface area contributed by atoms with Crippen LogP contribution in [0.4, 0.5) is 5.69 Å². The summed E-state index contributed by atoms with van der Waals surface area (Å²) in [4.78, 5) is 12.5. The Hall–Kier alpha value is -2.29. The fourth-order valence-corrected chi connectivity index (χ4v) is 4.33. The van der Waals surface area contributed by atoms with E-state index in [-0.39, 0.29) is 17.8 Å². The van der Waals surface area contributed by atoms with Crippen LogP contribution in [0.2, 0.25) is 5.02 Å². The summed E-state index contributed by atoms with van der Waals surface area (Å²) >= 11 is 7.39. The zero-order chi connectivity index (χ0) is 21.1. The fraction of sp³-hybridized carbons (Fsp3) is 0.381. The monoisotopic (exact) mass is 446 g/mol. The summed E-state index contributed by atoms with van der Waals surface area (Å²) in [7, 11) is 0. The number of aromatic nitrogens is 3. The van der Waals surface area contributed by atoms with Gasteiger partial charge in [0.1, 0.15) is 5.76 Å². The maximum absolute atomic E-state index is 12.5. The maximum Gasteiger partial charge on any atom is 0.234 e. The number of anilines is 1. The molecule has 1 aromatic carbocycles. The van der Waals surface area contributed by atoms with Gasteiger partial charge in [0.05, 0.1) is 30.2 Å². The highest BCUT2D eigenvalue weighted by molar-refractivity contribution is 7.99. The number of nitrogens with one attached hydrogen (secondary N) is 1. The number of benzene rings is 1. The molecule has 0 radical (unpaired) electrons. The molecule has 7 nitrogen and oxygen atoms in total. The second-order valence-electron chi connectivity index (χ2n) is 7.24. The number of nitrogens with zero attached hydrogens (tertiary/aromatic N) is 3. The van der Waals surface area contributed by atoms with E-state index in [0.717, 1.165) is 42.2 Å². The van der Waals surface area contributed by atoms with Crippen molar-refractivity contribution >= 4 is 35.0 Å². The highest BCUT2D eigenvalue weighted by atomic mass is 35.5. The Morgan fingerprint density at radius 1 is 1.33 bits per heavy atom. The number of rotatable bonds is 7. The maximum atomic E-state index is 12.5. The first kappa shape index (κ1) is 21.0. The molecular formula is C21H23ClN4O3S. The molecule has 3 aromatic rings. The molecule has 30 heavy (non-hydrogen) atoms. The van der Waals surface area contributed by atoms with Crippen molar-refractivity contribution in [3.05, 3.63) is 46.9 Å². The molecule has 1 aliphatic heterocycles. The van der Waals surface area contributed by atoms with E-state index < -0.39 is 0 Å². The summed E-state index contributed by atoms with van der Waals surface area (Å²) in [6.45, 7) is 5.24. The lowest BCUT2D eigenvalue weighted by molar-refractivity contribution is -0.113. The second-order valence-corrected chi connectivity index (χ2v) is 8.62. The SMILES string of the molecule is Cc1ccc(Cl)cc1NC(=O)CSc1nnc(-c2ccoc2C)n1CC1CCCO1. The molecule has 9 heteroatoms. The smallest absolute Gasteiger partial charge is 0.234 e. The van der Waals surface area contributed by atoms with E-state index >= 15 is 0 Å². The van der Waals surface area contributed by atoms with E-state index in [0.29, 0.717) is 22.4 Å². The molecule has 1 aliphatic rings. The number of carbonyl (C=O) groups is 1. The van der Waals surface area contributed by atoms with Crippen molar-refractivity contribution in [1.82, 2.24) is 14.8 Å². The van der Waals surface area contributed by atoms with Crippen LogP contribution in [0.3, 0.4) is 0 Å². The fourth-order valence-electron chi connectivity index (χ4n) is 3.41. The molecule has 4 rings (SSSR count). The number of thioether (sulfide) groups is 1. The molecule has 1 N–H and O–H groups in total. The van der Waals surface area contributed by atoms with Gasteiger partial charge in [0, 0.05) is 17.3 Å². The van der Waals surface area contributed by atoms with Crippen LogP contribution in [0.25, 0.3) is 11.4 Å². The van der Waals surface area contributed by atoms with Crippen molar-refractivity contribution in [3.63, 3.8) is 0 Å². The summed E-state index contributed by atoms with van der Waals surface area (Å²) in [6.07, 6.45) is 3.81. The van der Waals surface area contributed by atoms with Crippen molar-refractivity contribution < 1.29 is 13.9 Å². The zero-order valence-corrected chi connectivity index (χ0v) is 18.4. The average molecular weight is 447 g/mol. The molecular weight excluding hydrogens is 424 g/mol. The van der Waals surface area contributed by atoms with Crippen LogP contribution < -0.4 is 5.32 Å². The van der Waals surface area contributed by atoms with Gasteiger partial charge in [-0.05, 0) is 50.5 Å². The molecule has 1 unspecified atom stereocenters. The molecule has 0 aliphatic carbocycles. The van der Waals surface area contributed by atoms with Gasteiger partial charge in [0.25, 0.3) is 0 Å². The van der Waals surface area contributed by atoms with Crippen LogP contribution >= 0.6 is 23.4 Å². The number of ether oxygens (including phenoxy) is 1. The number of aryl methyl sites for hydroxylation is 2. The molecule has 1 fully saturated rings. The lowest BCUT2D eigenvalue weighted by atomic mass is 10.2. The Kier molecular flexibility index (Phi) is 6.46. The van der Waals surface area contributed by atoms with Crippen LogP contribution in [-0.4, -0.2) is 39.1 Å². The van der Waals surface area contributed by atoms with E-state index in [2.05, 4.69) is 15.5 Å². The summed E-state index contributed by atoms with van der Waals surface area (Å²) in [6, 6.07) is 7.31. The predicted molar refractivity (Wildman–Crippen MR) is 117 cm³/mol. The van der Waals surface area contributed by atoms with Crippen molar-refractivity contribution in [1.29, 1.82) is 0 Å². The van der Waals surface area contributed by atoms with E-state index in [4.69, 9.17) is 20.8 Å². The largest absolute Gasteiger partial charge is 0.469 e. The summed E-state index contributed by atoms with van der Waals surface area (Å²) < 4.78 is 13.3. The predicted octanol–water partition coefficient (Wildman–Crippen LogP) is 4.72. The Bertz CT molecular complexity index is 1040. The summed E-state index contributed by atoms with van der Waals surface area (Å²) in [5, 5.41) is 12.9. The number of halogens is 1. The van der Waals surface area contributed by atoms with Crippen LogP contribution in [0, 0.1) is 13.8 Å². The molecule has 158 valence electrons. The highest BCUT2D eigenvalue weighted by Crippen LogP contribution is 2.29. The van der Waals surface area contributed by atoms with Crippen LogP contribution in [0.15, 0.2) is 40.1 Å². The first-order valence-electron chi connectivity index (χ1n) is 9.79. The van der Waals surface area contributed by atoms with Crippen LogP contribution in [0.1, 0.15) is 24.2 Å². The Morgan fingerprint density at radius 3 is 2.93 bits per heavy atom. The minimum Gasteiger partial charge on any atom is -0.469 e. The topological polar surface area (TPSA) is 82.2 Å². The normalized spacial score (nSPS) is 16.2. The van der Waals surface area contributed by atoms with Gasteiger partial charge in [-0.25, -0.2) is 0 Å². The van der Waals surface area contributed by atoms with Gasteiger partial charge < -0.3 is 14.5 Å². The van der Waals surface area contributed by atoms with Crippen LogP contribution in [0.5, 0.6) is 0 Å². The standard InChI is InChI=1S/C21H23ClN4O3S/c1-13-5-6-15(22)10-18(13)23-19(27)12-30-21-25-24-20(17-7-9-28-14(17)2)26(21)11-16-4-3-8-29-16/h5-7,9-10,16H,3-4,8,11-12H2,1-2H3,(H,23,27). The molecule has 0 saturated carbocycles. The molecule has 1 saturated heterocycles. The van der Waals surface area contributed by atoms with Gasteiger partial charge in [-0.15, -0.1) is 10.2 Å². The first-order valence-corrected chi connectivity index (χ1v) is 11.2. The number of carbonyl (C=O) groups excluding carboxylic acids is 1. The zero-order valence-electron chi connectivity index (χ0n) is 16.9. The number of hydrogen-bond donors (Lipinski definition) is 1. The van der Waals surface area contributed by atoms with E-state index in [9.17, 15) is 4.79 Å². The minimum atomic E-state index is -0.127. The minimum absolute atomic E-state index is 0.120. The Morgan fingerprint density at radius 2 is 2.20 bits per heavy atom. The molecule has 0 bridgehead atoms. The van der Waals surface area contributed by atoms with E-state index in [1.54, 1.807) is 18.4 Å². The molecule has 0 spiro atoms. The highest BCUT2D eigenvalue weighted by Gasteiger charge is 2.23. The van der Waals surface area contributed by atoms with Gasteiger partial charge in [-0.3, -0.25) is 9.36 Å². The molecule has 1 atom stereocenters. The van der Waals surface area contributed by atoms with E-state index in [1.807, 2.05) is 30.5 Å². The summed E-state index contributed by atoms with van der Waals surface area (Å²) in [5.74, 6) is 1.59. The second kappa shape index (κ2) is 9.24. The quantitative estimate of drug-likeness (QED) is 0.529. The number of furan rings is 1. The first-order chi connectivity index (χ1) is 14.5. The Balaban J connectivity index is 1.50. The van der Waals surface area contributed by atoms with Gasteiger partial charge in [0.15, 0.2) is 11.0 Å². The molecule has 3 heterocycles. The summed E-state index contributed by atoms with van der Waals surface area (Å²) in [5.41, 5.74) is 2.56. The van der Waals surface area contributed by atoms with Crippen molar-refractivity contribution in [2.75, 3.05) is 17.7 Å². The van der Waals surface area contributed by atoms with E-state index in [1.165, 1.54) is 11.8 Å². The van der Waals surface area contributed by atoms with Gasteiger partial charge in [-0.2, -0.15) is 0 Å². The van der Waals surface area contributed by atoms with Gasteiger partial charge in [-0.1, -0.05) is 29.4 Å². The molecule has 1 amide bonds. The third-order valence-electron chi connectivity index (χ3n) is 5.03. The van der Waals surface area contributed by atoms with Gasteiger partial charge in [0.2, 0.25) is 5.91 Å². The van der Waals surface area contributed by atoms with Crippen molar-refractivity contribution in [2.45, 2.75) is 44.5 Å². The van der Waals surface area contributed by atoms with Crippen molar-refractivity contribution in [2.24, 2.45) is 0 Å².